The standard InChI is InChI=1S/C19H21F3N2O3S/c1-14(7-8-15-5-3-2-4-6-15)24-28(26,27)17-11-9-16(10-12-17)18(25)23-13-19(20,21)22/h2-6,9-12,14,24H,7-8,13H2,1H3,(H,23,25)/t14-/m0/s1. The maximum atomic E-state index is 12.4. The molecule has 2 N–H and O–H groups in total. The predicted octanol–water partition coefficient (Wildman–Crippen LogP) is 3.28. The number of carbonyl (C=O) groups excluding carboxylic acids is 1. The molecular formula is C19H21F3N2O3S. The Hall–Kier alpha value is -2.39. The van der Waals surface area contributed by atoms with Crippen LogP contribution in [0.3, 0.4) is 0 Å². The number of alkyl halides is 3. The molecule has 0 heterocycles. The van der Waals surface area contributed by atoms with Gasteiger partial charge in [-0.2, -0.15) is 13.2 Å². The normalized spacial score (nSPS) is 13.1. The van der Waals surface area contributed by atoms with Crippen LogP contribution in [-0.4, -0.2) is 33.1 Å². The van der Waals surface area contributed by atoms with Crippen LogP contribution in [0.4, 0.5) is 13.2 Å². The van der Waals surface area contributed by atoms with E-state index in [9.17, 15) is 26.4 Å². The smallest absolute Gasteiger partial charge is 0.343 e. The number of amides is 1. The fourth-order valence-electron chi connectivity index (χ4n) is 2.49. The highest BCUT2D eigenvalue weighted by molar-refractivity contribution is 7.89. The first-order chi connectivity index (χ1) is 13.1. The number of benzene rings is 2. The average Bonchev–Trinajstić information content (AvgIpc) is 2.64. The molecule has 152 valence electrons. The monoisotopic (exact) mass is 414 g/mol. The van der Waals surface area contributed by atoms with Crippen LogP contribution in [0, 0.1) is 0 Å². The molecule has 2 aromatic carbocycles. The Morgan fingerprint density at radius 2 is 1.64 bits per heavy atom. The Labute approximate surface area is 162 Å². The van der Waals surface area contributed by atoms with Crippen LogP contribution in [0.2, 0.25) is 0 Å². The van der Waals surface area contributed by atoms with E-state index < -0.39 is 28.7 Å². The quantitative estimate of drug-likeness (QED) is 0.696. The molecule has 28 heavy (non-hydrogen) atoms. The lowest BCUT2D eigenvalue weighted by Gasteiger charge is -2.14. The van der Waals surface area contributed by atoms with Crippen molar-refractivity contribution < 1.29 is 26.4 Å². The van der Waals surface area contributed by atoms with Crippen LogP contribution < -0.4 is 10.0 Å². The number of carbonyl (C=O) groups is 1. The van der Waals surface area contributed by atoms with E-state index in [1.54, 1.807) is 12.2 Å². The number of hydrogen-bond acceptors (Lipinski definition) is 3. The lowest BCUT2D eigenvalue weighted by atomic mass is 10.1. The number of aryl methyl sites for hydroxylation is 1. The second-order valence-corrected chi connectivity index (χ2v) is 8.08. The van der Waals surface area contributed by atoms with E-state index in [4.69, 9.17) is 0 Å². The van der Waals surface area contributed by atoms with Gasteiger partial charge in [-0.1, -0.05) is 30.3 Å². The Bertz CT molecular complexity index is 883. The molecule has 0 fully saturated rings. The van der Waals surface area contributed by atoms with E-state index in [1.165, 1.54) is 24.3 Å². The van der Waals surface area contributed by atoms with Crippen LogP contribution in [-0.2, 0) is 16.4 Å². The maximum Gasteiger partial charge on any atom is 0.405 e. The van der Waals surface area contributed by atoms with Crippen molar-refractivity contribution in [2.45, 2.75) is 36.9 Å². The minimum atomic E-state index is -4.52. The molecular weight excluding hydrogens is 393 g/mol. The first kappa shape index (κ1) is 21.9. The second kappa shape index (κ2) is 9.20. The van der Waals surface area contributed by atoms with Crippen molar-refractivity contribution in [3.05, 3.63) is 65.7 Å². The summed E-state index contributed by atoms with van der Waals surface area (Å²) in [6.07, 6.45) is -3.21. The van der Waals surface area contributed by atoms with Crippen LogP contribution in [0.5, 0.6) is 0 Å². The number of sulfonamides is 1. The third kappa shape index (κ3) is 6.97. The van der Waals surface area contributed by atoms with Crippen molar-refractivity contribution in [3.63, 3.8) is 0 Å². The molecule has 1 atom stereocenters. The molecule has 2 aromatic rings. The Morgan fingerprint density at radius 3 is 2.21 bits per heavy atom. The van der Waals surface area contributed by atoms with Crippen LogP contribution in [0.15, 0.2) is 59.5 Å². The van der Waals surface area contributed by atoms with Gasteiger partial charge in [0.05, 0.1) is 4.90 Å². The van der Waals surface area contributed by atoms with E-state index in [0.717, 1.165) is 5.56 Å². The van der Waals surface area contributed by atoms with Crippen molar-refractivity contribution >= 4 is 15.9 Å². The summed E-state index contributed by atoms with van der Waals surface area (Å²) in [7, 11) is -3.80. The predicted molar refractivity (Wildman–Crippen MR) is 99.4 cm³/mol. The minimum Gasteiger partial charge on any atom is -0.343 e. The van der Waals surface area contributed by atoms with E-state index >= 15 is 0 Å². The van der Waals surface area contributed by atoms with E-state index in [1.807, 2.05) is 30.3 Å². The first-order valence-electron chi connectivity index (χ1n) is 8.58. The molecule has 0 aliphatic heterocycles. The van der Waals surface area contributed by atoms with Gasteiger partial charge in [0, 0.05) is 11.6 Å². The van der Waals surface area contributed by atoms with Gasteiger partial charge in [-0.25, -0.2) is 13.1 Å². The van der Waals surface area contributed by atoms with Crippen molar-refractivity contribution in [1.82, 2.24) is 10.0 Å². The minimum absolute atomic E-state index is 0.0553. The average molecular weight is 414 g/mol. The van der Waals surface area contributed by atoms with E-state index in [0.29, 0.717) is 12.8 Å². The summed E-state index contributed by atoms with van der Waals surface area (Å²) in [5, 5.41) is 1.73. The summed E-state index contributed by atoms with van der Waals surface area (Å²) in [6.45, 7) is 0.297. The van der Waals surface area contributed by atoms with Gasteiger partial charge in [0.1, 0.15) is 6.54 Å². The molecule has 0 aliphatic rings. The maximum absolute atomic E-state index is 12.4. The zero-order valence-corrected chi connectivity index (χ0v) is 16.0. The summed E-state index contributed by atoms with van der Waals surface area (Å²) in [6, 6.07) is 14.1. The molecule has 2 rings (SSSR count). The molecule has 1 amide bonds. The zero-order valence-electron chi connectivity index (χ0n) is 15.2. The number of hydrogen-bond donors (Lipinski definition) is 2. The molecule has 0 saturated carbocycles. The first-order valence-corrected chi connectivity index (χ1v) is 10.1. The van der Waals surface area contributed by atoms with Gasteiger partial charge in [-0.15, -0.1) is 0 Å². The summed E-state index contributed by atoms with van der Waals surface area (Å²) >= 11 is 0. The molecule has 0 bridgehead atoms. The lowest BCUT2D eigenvalue weighted by molar-refractivity contribution is -0.123. The van der Waals surface area contributed by atoms with Gasteiger partial charge < -0.3 is 5.32 Å². The highest BCUT2D eigenvalue weighted by Gasteiger charge is 2.28. The topological polar surface area (TPSA) is 75.3 Å². The van der Waals surface area contributed by atoms with Crippen LogP contribution in [0.1, 0.15) is 29.3 Å². The second-order valence-electron chi connectivity index (χ2n) is 6.37. The molecule has 0 spiro atoms. The van der Waals surface area contributed by atoms with E-state index in [-0.39, 0.29) is 16.5 Å². The highest BCUT2D eigenvalue weighted by Crippen LogP contribution is 2.15. The summed E-state index contributed by atoms with van der Waals surface area (Å²) in [5.41, 5.74) is 1.04. The van der Waals surface area contributed by atoms with Crippen molar-refractivity contribution in [2.75, 3.05) is 6.54 Å². The van der Waals surface area contributed by atoms with Gasteiger partial charge in [-0.05, 0) is 49.6 Å². The largest absolute Gasteiger partial charge is 0.405 e. The summed E-state index contributed by atoms with van der Waals surface area (Å²) in [5.74, 6) is -0.925. The molecule has 0 aromatic heterocycles. The fraction of sp³-hybridized carbons (Fsp3) is 0.316. The molecule has 0 aliphatic carbocycles. The molecule has 0 saturated heterocycles. The van der Waals surface area contributed by atoms with Crippen molar-refractivity contribution in [2.24, 2.45) is 0 Å². The molecule has 0 unspecified atom stereocenters. The molecule has 5 nitrogen and oxygen atoms in total. The van der Waals surface area contributed by atoms with Gasteiger partial charge in [0.15, 0.2) is 0 Å². The fourth-order valence-corrected chi connectivity index (χ4v) is 3.77. The van der Waals surface area contributed by atoms with Gasteiger partial charge in [0.2, 0.25) is 10.0 Å². The summed E-state index contributed by atoms with van der Waals surface area (Å²) < 4.78 is 63.9. The van der Waals surface area contributed by atoms with Gasteiger partial charge in [-0.3, -0.25) is 4.79 Å². The molecule has 0 radical (unpaired) electrons. The summed E-state index contributed by atoms with van der Waals surface area (Å²) in [4.78, 5) is 11.6. The number of halogens is 3. The third-order valence-electron chi connectivity index (χ3n) is 3.94. The Morgan fingerprint density at radius 1 is 1.04 bits per heavy atom. The zero-order chi connectivity index (χ0) is 20.8. The number of nitrogens with one attached hydrogen (secondary N) is 2. The van der Waals surface area contributed by atoms with Crippen LogP contribution in [0.25, 0.3) is 0 Å². The third-order valence-corrected chi connectivity index (χ3v) is 5.55. The van der Waals surface area contributed by atoms with Gasteiger partial charge in [0.25, 0.3) is 5.91 Å². The lowest BCUT2D eigenvalue weighted by Crippen LogP contribution is -2.34. The van der Waals surface area contributed by atoms with Gasteiger partial charge >= 0.3 is 6.18 Å². The highest BCUT2D eigenvalue weighted by atomic mass is 32.2. The molecule has 9 heteroatoms. The van der Waals surface area contributed by atoms with Crippen LogP contribution >= 0.6 is 0 Å². The van der Waals surface area contributed by atoms with E-state index in [2.05, 4.69) is 4.72 Å². The van der Waals surface area contributed by atoms with Crippen molar-refractivity contribution in [3.8, 4) is 0 Å². The number of rotatable bonds is 8. The Kier molecular flexibility index (Phi) is 7.20. The van der Waals surface area contributed by atoms with Crippen molar-refractivity contribution in [1.29, 1.82) is 0 Å². The Balaban J connectivity index is 1.94. The SMILES string of the molecule is C[C@@H](CCc1ccccc1)NS(=O)(=O)c1ccc(C(=O)NCC(F)(F)F)cc1.